The maximum Gasteiger partial charge on any atom is 0.321 e. The van der Waals surface area contributed by atoms with Gasteiger partial charge < -0.3 is 25.6 Å². The Hall–Kier alpha value is -2.79. The first-order chi connectivity index (χ1) is 17.5. The molecule has 3 aliphatic heterocycles. The third kappa shape index (κ3) is 5.57. The highest BCUT2D eigenvalue weighted by molar-refractivity contribution is 6.01. The number of carbonyl (C=O) groups excluding carboxylic acids is 1. The average Bonchev–Trinajstić information content (AvgIpc) is 3.13. The molecule has 0 bridgehead atoms. The number of aryl methyl sites for hydroxylation is 1. The number of halogens is 1. The van der Waals surface area contributed by atoms with Crippen LogP contribution >= 0.6 is 0 Å². The Kier molecular flexibility index (Phi) is 8.03. The van der Waals surface area contributed by atoms with Gasteiger partial charge in [0.15, 0.2) is 11.6 Å². The summed E-state index contributed by atoms with van der Waals surface area (Å²) in [4.78, 5) is 32.5. The van der Waals surface area contributed by atoms with Gasteiger partial charge in [-0.05, 0) is 53.4 Å². The number of nitrogens with zero attached hydrogens (tertiary/aromatic N) is 6. The van der Waals surface area contributed by atoms with E-state index in [2.05, 4.69) is 39.0 Å². The largest absolute Gasteiger partial charge is 0.389 e. The van der Waals surface area contributed by atoms with E-state index in [0.29, 0.717) is 23.9 Å². The fourth-order valence-corrected chi connectivity index (χ4v) is 5.75. The summed E-state index contributed by atoms with van der Waals surface area (Å²) < 4.78 is 19.8. The maximum absolute atomic E-state index is 14.3. The number of likely N-dealkylation sites (N-methyl/N-ethyl adjacent to an activating group) is 1. The van der Waals surface area contributed by atoms with Gasteiger partial charge in [-0.25, -0.2) is 24.1 Å². The second-order valence-corrected chi connectivity index (χ2v) is 11.0. The number of piperazine rings is 1. The van der Waals surface area contributed by atoms with Crippen LogP contribution in [0.5, 0.6) is 0 Å². The van der Waals surface area contributed by atoms with Crippen molar-refractivity contribution in [2.75, 3.05) is 46.4 Å². The molecule has 4 rings (SSSR count). The molecule has 3 N–H and O–H groups in total. The normalized spacial score (nSPS) is 25.6. The first-order valence-corrected chi connectivity index (χ1v) is 13.2. The van der Waals surface area contributed by atoms with Crippen LogP contribution in [-0.2, 0) is 4.74 Å². The van der Waals surface area contributed by atoms with Crippen LogP contribution in [0.15, 0.2) is 22.5 Å². The third-order valence-corrected chi connectivity index (χ3v) is 7.96. The van der Waals surface area contributed by atoms with Gasteiger partial charge in [-0.2, -0.15) is 0 Å². The monoisotopic (exact) mass is 516 g/mol. The van der Waals surface area contributed by atoms with Gasteiger partial charge in [-0.15, -0.1) is 0 Å². The minimum absolute atomic E-state index is 0.0327. The average molecular weight is 517 g/mol. The molecule has 4 heterocycles. The lowest BCUT2D eigenvalue weighted by molar-refractivity contribution is 0.0118. The summed E-state index contributed by atoms with van der Waals surface area (Å²) in [5.41, 5.74) is 7.17. The summed E-state index contributed by atoms with van der Waals surface area (Å²) in [6, 6.07) is 0.306. The van der Waals surface area contributed by atoms with Gasteiger partial charge in [0.05, 0.1) is 18.3 Å². The zero-order chi connectivity index (χ0) is 26.9. The fourth-order valence-electron chi connectivity index (χ4n) is 5.75. The molecule has 0 unspecified atom stereocenters. The first kappa shape index (κ1) is 27.3. The molecule has 10 nitrogen and oxygen atoms in total. The van der Waals surface area contributed by atoms with Crippen molar-refractivity contribution in [1.29, 1.82) is 0 Å². The molecule has 0 radical (unpaired) electrons. The first-order valence-electron chi connectivity index (χ1n) is 13.2. The summed E-state index contributed by atoms with van der Waals surface area (Å²) >= 11 is 0. The summed E-state index contributed by atoms with van der Waals surface area (Å²) in [6.45, 7) is 14.5. The van der Waals surface area contributed by atoms with Crippen molar-refractivity contribution in [3.63, 3.8) is 0 Å². The van der Waals surface area contributed by atoms with E-state index < -0.39 is 11.4 Å². The van der Waals surface area contributed by atoms with Crippen LogP contribution in [0, 0.1) is 18.7 Å². The Morgan fingerprint density at radius 3 is 2.65 bits per heavy atom. The van der Waals surface area contributed by atoms with Crippen molar-refractivity contribution < 1.29 is 13.9 Å². The topological polar surface area (TPSA) is 112 Å². The van der Waals surface area contributed by atoms with E-state index in [-0.39, 0.29) is 36.3 Å². The number of aliphatic imine (C=N–C) groups is 1. The van der Waals surface area contributed by atoms with Crippen LogP contribution in [0.25, 0.3) is 0 Å². The number of amidine groups is 1. The van der Waals surface area contributed by atoms with Gasteiger partial charge in [0, 0.05) is 63.2 Å². The molecule has 0 saturated carbocycles. The number of ether oxygens (including phenoxy) is 1. The van der Waals surface area contributed by atoms with E-state index in [9.17, 15) is 9.18 Å². The van der Waals surface area contributed by atoms with Crippen molar-refractivity contribution in [2.24, 2.45) is 16.6 Å². The Labute approximate surface area is 219 Å². The van der Waals surface area contributed by atoms with E-state index in [1.165, 1.54) is 0 Å². The highest BCUT2D eigenvalue weighted by Gasteiger charge is 2.46. The van der Waals surface area contributed by atoms with Gasteiger partial charge >= 0.3 is 6.03 Å². The van der Waals surface area contributed by atoms with Crippen LogP contribution in [-0.4, -0.2) is 101 Å². The summed E-state index contributed by atoms with van der Waals surface area (Å²) in [5.74, 6) is 0.426. The highest BCUT2D eigenvalue weighted by Crippen LogP contribution is 2.35. The summed E-state index contributed by atoms with van der Waals surface area (Å²) in [5, 5.41) is 3.22. The van der Waals surface area contributed by atoms with Crippen molar-refractivity contribution in [3.05, 3.63) is 29.1 Å². The minimum atomic E-state index is -0.649. The molecule has 204 valence electrons. The number of hydrogen-bond acceptors (Lipinski definition) is 7. The standard InChI is InChI=1S/C26H41FN8O2/c1-16-13-34(17(2)12-33(16)14-19-7-9-37-10-8-19)25(36)35-15-20(22(29-6)26(35,4)5)23(28)32-24-21(27)11-30-18(3)31-24/h11,16-17,19,29H,7-10,12-15H2,1-6H3,(H2,28,30,31,32)/t16-,17+/m1/s1. The lowest BCUT2D eigenvalue weighted by Gasteiger charge is -2.48. The molecular weight excluding hydrogens is 475 g/mol. The second kappa shape index (κ2) is 10.9. The zero-order valence-corrected chi connectivity index (χ0v) is 22.9. The van der Waals surface area contributed by atoms with Crippen molar-refractivity contribution in [2.45, 2.75) is 65.1 Å². The number of amides is 2. The number of hydrogen-bond donors (Lipinski definition) is 2. The Morgan fingerprint density at radius 1 is 1.27 bits per heavy atom. The minimum Gasteiger partial charge on any atom is -0.389 e. The van der Waals surface area contributed by atoms with E-state index >= 15 is 0 Å². The molecule has 0 aliphatic carbocycles. The van der Waals surface area contributed by atoms with E-state index in [1.807, 2.05) is 23.6 Å². The summed E-state index contributed by atoms with van der Waals surface area (Å²) in [6.07, 6.45) is 3.29. The van der Waals surface area contributed by atoms with Gasteiger partial charge in [0.2, 0.25) is 0 Å². The van der Waals surface area contributed by atoms with Crippen LogP contribution in [0.3, 0.4) is 0 Å². The molecule has 1 aromatic rings. The van der Waals surface area contributed by atoms with E-state index in [4.69, 9.17) is 10.5 Å². The van der Waals surface area contributed by atoms with Crippen molar-refractivity contribution >= 4 is 17.7 Å². The maximum atomic E-state index is 14.3. The van der Waals surface area contributed by atoms with Gasteiger partial charge in [0.1, 0.15) is 11.7 Å². The molecule has 0 aromatic carbocycles. The number of aromatic nitrogens is 2. The lowest BCUT2D eigenvalue weighted by Crippen LogP contribution is -2.63. The van der Waals surface area contributed by atoms with Gasteiger partial charge in [0.25, 0.3) is 0 Å². The Balaban J connectivity index is 1.50. The molecule has 37 heavy (non-hydrogen) atoms. The van der Waals surface area contributed by atoms with Crippen molar-refractivity contribution in [3.8, 4) is 0 Å². The molecule has 0 spiro atoms. The zero-order valence-electron chi connectivity index (χ0n) is 22.9. The third-order valence-electron chi connectivity index (χ3n) is 7.96. The smallest absolute Gasteiger partial charge is 0.321 e. The quantitative estimate of drug-likeness (QED) is 0.457. The molecular formula is C26H41FN8O2. The van der Waals surface area contributed by atoms with E-state index in [1.54, 1.807) is 14.0 Å². The highest BCUT2D eigenvalue weighted by atomic mass is 19.1. The van der Waals surface area contributed by atoms with Crippen molar-refractivity contribution in [1.82, 2.24) is 30.0 Å². The molecule has 3 aliphatic rings. The molecule has 2 saturated heterocycles. The number of carbonyl (C=O) groups is 1. The number of nitrogens with one attached hydrogen (secondary N) is 1. The number of urea groups is 1. The molecule has 11 heteroatoms. The van der Waals surface area contributed by atoms with Crippen LogP contribution in [0.2, 0.25) is 0 Å². The van der Waals surface area contributed by atoms with Gasteiger partial charge in [-0.3, -0.25) is 4.90 Å². The number of rotatable bonds is 5. The summed E-state index contributed by atoms with van der Waals surface area (Å²) in [7, 11) is 1.80. The predicted molar refractivity (Wildman–Crippen MR) is 141 cm³/mol. The van der Waals surface area contributed by atoms with Crippen LogP contribution in [0.4, 0.5) is 15.0 Å². The SMILES string of the molecule is CNC1=C(C(N)=Nc2nc(C)ncc2F)CN(C(=O)N2C[C@@H](C)N(CC3CCOCC3)C[C@@H]2C)C1(C)C. The van der Waals surface area contributed by atoms with Crippen LogP contribution < -0.4 is 11.1 Å². The van der Waals surface area contributed by atoms with Gasteiger partial charge in [-0.1, -0.05) is 0 Å². The molecule has 2 atom stereocenters. The predicted octanol–water partition coefficient (Wildman–Crippen LogP) is 2.42. The fraction of sp³-hybridized carbons (Fsp3) is 0.692. The molecule has 2 fully saturated rings. The number of nitrogens with two attached hydrogens (primary N) is 1. The Morgan fingerprint density at radius 2 is 1.97 bits per heavy atom. The lowest BCUT2D eigenvalue weighted by atomic mass is 9.97. The molecule has 1 aromatic heterocycles. The molecule has 2 amide bonds. The second-order valence-electron chi connectivity index (χ2n) is 11.0. The van der Waals surface area contributed by atoms with Crippen LogP contribution in [0.1, 0.15) is 46.4 Å². The Bertz CT molecular complexity index is 1070. The van der Waals surface area contributed by atoms with E-state index in [0.717, 1.165) is 51.0 Å².